The molecule has 24 heavy (non-hydrogen) atoms. The van der Waals surface area contributed by atoms with E-state index in [0.717, 1.165) is 0 Å². The second kappa shape index (κ2) is 10.1. The van der Waals surface area contributed by atoms with Crippen LogP contribution in [0.3, 0.4) is 0 Å². The van der Waals surface area contributed by atoms with Gasteiger partial charge in [-0.2, -0.15) is 0 Å². The van der Waals surface area contributed by atoms with Gasteiger partial charge in [0.1, 0.15) is 12.1 Å². The second-order valence-electron chi connectivity index (χ2n) is 4.78. The molecular formula is C12H19N3O9. The number of hydrogen-bond donors (Lipinski definition) is 7. The van der Waals surface area contributed by atoms with Crippen molar-refractivity contribution >= 4 is 29.7 Å². The second-order valence-corrected chi connectivity index (χ2v) is 4.78. The predicted octanol–water partition coefficient (Wildman–Crippen LogP) is -3.30. The Balaban J connectivity index is 4.90. The normalized spacial score (nSPS) is 14.1. The number of nitrogens with two attached hydrogens (primary N) is 1. The van der Waals surface area contributed by atoms with E-state index in [1.165, 1.54) is 0 Å². The van der Waals surface area contributed by atoms with Gasteiger partial charge in [0.2, 0.25) is 11.8 Å². The number of nitrogens with one attached hydrogen (secondary N) is 2. The van der Waals surface area contributed by atoms with Crippen LogP contribution < -0.4 is 16.4 Å². The molecule has 136 valence electrons. The first-order valence-corrected chi connectivity index (χ1v) is 6.72. The van der Waals surface area contributed by atoms with Gasteiger partial charge in [-0.1, -0.05) is 0 Å². The largest absolute Gasteiger partial charge is 0.481 e. The third-order valence-electron chi connectivity index (χ3n) is 2.81. The molecule has 0 aliphatic rings. The van der Waals surface area contributed by atoms with Crippen LogP contribution in [0.5, 0.6) is 0 Å². The van der Waals surface area contributed by atoms with E-state index in [0.29, 0.717) is 0 Å². The van der Waals surface area contributed by atoms with Crippen LogP contribution in [0.15, 0.2) is 0 Å². The zero-order chi connectivity index (χ0) is 18.9. The van der Waals surface area contributed by atoms with Crippen molar-refractivity contribution in [3.8, 4) is 0 Å². The molecule has 0 radical (unpaired) electrons. The van der Waals surface area contributed by atoms with Crippen LogP contribution >= 0.6 is 0 Å². The quantitative estimate of drug-likeness (QED) is 0.197. The minimum atomic E-state index is -1.67. The smallest absolute Gasteiger partial charge is 0.328 e. The topological polar surface area (TPSA) is 216 Å². The maximum atomic E-state index is 11.9. The molecule has 2 amide bonds. The van der Waals surface area contributed by atoms with Crippen molar-refractivity contribution in [3.63, 3.8) is 0 Å². The fourth-order valence-electron chi connectivity index (χ4n) is 1.53. The van der Waals surface area contributed by atoms with Gasteiger partial charge in [0.05, 0.1) is 19.1 Å². The van der Waals surface area contributed by atoms with Crippen LogP contribution in [0, 0.1) is 0 Å². The summed E-state index contributed by atoms with van der Waals surface area (Å²) in [5, 5.41) is 38.7. The highest BCUT2D eigenvalue weighted by atomic mass is 16.4. The Labute approximate surface area is 135 Å². The maximum absolute atomic E-state index is 11.9. The number of aliphatic hydroxyl groups excluding tert-OH is 1. The van der Waals surface area contributed by atoms with Crippen LogP contribution in [0.2, 0.25) is 0 Å². The summed E-state index contributed by atoms with van der Waals surface area (Å²) < 4.78 is 0. The molecule has 12 nitrogen and oxygen atoms in total. The molecular weight excluding hydrogens is 330 g/mol. The molecule has 0 spiro atoms. The van der Waals surface area contributed by atoms with Gasteiger partial charge >= 0.3 is 17.9 Å². The van der Waals surface area contributed by atoms with Crippen molar-refractivity contribution in [1.82, 2.24) is 10.6 Å². The molecule has 0 aromatic rings. The summed E-state index contributed by atoms with van der Waals surface area (Å²) in [6.07, 6.45) is -1.51. The lowest BCUT2D eigenvalue weighted by Crippen LogP contribution is -2.55. The Bertz CT molecular complexity index is 508. The molecule has 0 aliphatic carbocycles. The highest BCUT2D eigenvalue weighted by molar-refractivity contribution is 5.94. The van der Waals surface area contributed by atoms with Crippen LogP contribution in [-0.2, 0) is 24.0 Å². The zero-order valence-electron chi connectivity index (χ0n) is 12.5. The van der Waals surface area contributed by atoms with Crippen molar-refractivity contribution in [2.24, 2.45) is 5.73 Å². The van der Waals surface area contributed by atoms with Crippen molar-refractivity contribution < 1.29 is 44.4 Å². The van der Waals surface area contributed by atoms with Gasteiger partial charge < -0.3 is 36.8 Å². The molecule has 0 heterocycles. The number of hydrogen-bond acceptors (Lipinski definition) is 7. The Morgan fingerprint density at radius 3 is 1.83 bits per heavy atom. The summed E-state index contributed by atoms with van der Waals surface area (Å²) in [5.74, 6) is -6.30. The molecule has 3 atom stereocenters. The van der Waals surface area contributed by atoms with E-state index in [4.69, 9.17) is 26.2 Å². The van der Waals surface area contributed by atoms with E-state index < -0.39 is 67.3 Å². The van der Waals surface area contributed by atoms with Crippen molar-refractivity contribution in [3.05, 3.63) is 0 Å². The molecule has 0 fully saturated rings. The molecule has 8 N–H and O–H groups in total. The van der Waals surface area contributed by atoms with Gasteiger partial charge in [-0.25, -0.2) is 4.79 Å². The Morgan fingerprint density at radius 1 is 0.875 bits per heavy atom. The first kappa shape index (κ1) is 21.3. The highest BCUT2D eigenvalue weighted by Gasteiger charge is 2.29. The minimum Gasteiger partial charge on any atom is -0.481 e. The molecule has 0 saturated heterocycles. The van der Waals surface area contributed by atoms with E-state index in [1.54, 1.807) is 0 Å². The fourth-order valence-corrected chi connectivity index (χ4v) is 1.53. The van der Waals surface area contributed by atoms with E-state index >= 15 is 0 Å². The number of rotatable bonds is 11. The summed E-state index contributed by atoms with van der Waals surface area (Å²) in [7, 11) is 0. The Kier molecular flexibility index (Phi) is 8.97. The lowest BCUT2D eigenvalue weighted by atomic mass is 10.1. The van der Waals surface area contributed by atoms with Gasteiger partial charge in [0.15, 0.2) is 0 Å². The first-order valence-electron chi connectivity index (χ1n) is 6.72. The van der Waals surface area contributed by atoms with Gasteiger partial charge in [-0.15, -0.1) is 0 Å². The monoisotopic (exact) mass is 349 g/mol. The van der Waals surface area contributed by atoms with Crippen molar-refractivity contribution in [1.29, 1.82) is 0 Å². The lowest BCUT2D eigenvalue weighted by Gasteiger charge is -2.21. The molecule has 12 heteroatoms. The number of carboxylic acid groups (broad SMARTS) is 3. The van der Waals surface area contributed by atoms with Crippen LogP contribution in [0.25, 0.3) is 0 Å². The predicted molar refractivity (Wildman–Crippen MR) is 75.7 cm³/mol. The van der Waals surface area contributed by atoms with Crippen LogP contribution in [0.4, 0.5) is 0 Å². The van der Waals surface area contributed by atoms with Crippen molar-refractivity contribution in [2.45, 2.75) is 37.4 Å². The molecule has 0 bridgehead atoms. The number of aliphatic hydroxyl groups is 1. The Morgan fingerprint density at radius 2 is 1.42 bits per heavy atom. The van der Waals surface area contributed by atoms with Crippen molar-refractivity contribution in [2.75, 3.05) is 6.61 Å². The molecule has 0 rings (SSSR count). The minimum absolute atomic E-state index is 0.239. The standard InChI is InChI=1S/C12H19N3O9/c13-5(1-2-8(17)18)10(21)14-6(3-9(19)20)11(22)15-7(4-16)12(23)24/h5-7,16H,1-4,13H2,(H,14,21)(H,15,22)(H,17,18)(H,19,20)(H,23,24)/t5-,6-,7-/m0/s1. The first-order chi connectivity index (χ1) is 11.1. The lowest BCUT2D eigenvalue weighted by molar-refractivity contribution is -0.144. The molecule has 0 aromatic carbocycles. The van der Waals surface area contributed by atoms with E-state index in [1.807, 2.05) is 10.6 Å². The summed E-state index contributed by atoms with van der Waals surface area (Å²) in [5.41, 5.74) is 5.43. The molecule has 0 aromatic heterocycles. The number of carboxylic acids is 3. The third-order valence-corrected chi connectivity index (χ3v) is 2.81. The third kappa shape index (κ3) is 8.05. The van der Waals surface area contributed by atoms with E-state index in [2.05, 4.69) is 0 Å². The maximum Gasteiger partial charge on any atom is 0.328 e. The zero-order valence-corrected chi connectivity index (χ0v) is 12.5. The van der Waals surface area contributed by atoms with Gasteiger partial charge in [-0.05, 0) is 6.42 Å². The average Bonchev–Trinajstić information content (AvgIpc) is 2.48. The number of carbonyl (C=O) groups excluding carboxylic acids is 2. The molecule has 0 unspecified atom stereocenters. The fraction of sp³-hybridized carbons (Fsp3) is 0.583. The number of aliphatic carboxylic acids is 3. The SMILES string of the molecule is N[C@@H](CCC(=O)O)C(=O)N[C@@H](CC(=O)O)C(=O)N[C@@H](CO)C(=O)O. The van der Waals surface area contributed by atoms with Gasteiger partial charge in [0, 0.05) is 6.42 Å². The Hall–Kier alpha value is -2.73. The molecule has 0 aliphatic heterocycles. The summed E-state index contributed by atoms with van der Waals surface area (Å²) in [4.78, 5) is 55.6. The molecule has 0 saturated carbocycles. The van der Waals surface area contributed by atoms with E-state index in [9.17, 15) is 24.0 Å². The van der Waals surface area contributed by atoms with Crippen LogP contribution in [-0.4, -0.2) is 74.9 Å². The number of carbonyl (C=O) groups is 5. The van der Waals surface area contributed by atoms with E-state index in [-0.39, 0.29) is 6.42 Å². The van der Waals surface area contributed by atoms with Gasteiger partial charge in [0.25, 0.3) is 0 Å². The highest BCUT2D eigenvalue weighted by Crippen LogP contribution is 1.99. The van der Waals surface area contributed by atoms with Crippen LogP contribution in [0.1, 0.15) is 19.3 Å². The summed E-state index contributed by atoms with van der Waals surface area (Å²) in [6.45, 7) is -0.938. The average molecular weight is 349 g/mol. The summed E-state index contributed by atoms with van der Waals surface area (Å²) in [6, 6.07) is -4.61. The summed E-state index contributed by atoms with van der Waals surface area (Å²) >= 11 is 0. The number of amides is 2. The van der Waals surface area contributed by atoms with Gasteiger partial charge in [-0.3, -0.25) is 19.2 Å².